The van der Waals surface area contributed by atoms with Crippen molar-refractivity contribution in [2.24, 2.45) is 0 Å². The fourth-order valence-electron chi connectivity index (χ4n) is 3.60. The first-order valence-corrected chi connectivity index (χ1v) is 12.8. The fourth-order valence-corrected chi connectivity index (χ4v) is 9.31. The summed E-state index contributed by atoms with van der Waals surface area (Å²) in [5, 5.41) is 0. The van der Waals surface area contributed by atoms with Gasteiger partial charge < -0.3 is 18.0 Å². The van der Waals surface area contributed by atoms with Crippen molar-refractivity contribution in [1.82, 2.24) is 9.13 Å². The monoisotopic (exact) mass is 302 g/mol. The molecule has 19 heavy (non-hydrogen) atoms. The van der Waals surface area contributed by atoms with Crippen LogP contribution in [0.5, 0.6) is 0 Å². The lowest BCUT2D eigenvalue weighted by Crippen LogP contribution is -2.51. The number of nitrogens with zero attached hydrogens (tertiary/aromatic N) is 2. The van der Waals surface area contributed by atoms with Crippen molar-refractivity contribution < 1.29 is 8.85 Å². The van der Waals surface area contributed by atoms with E-state index in [1.807, 2.05) is 14.2 Å². The smallest absolute Gasteiger partial charge is 0.267 e. The van der Waals surface area contributed by atoms with E-state index in [4.69, 9.17) is 8.85 Å². The minimum absolute atomic E-state index is 1.21. The van der Waals surface area contributed by atoms with Crippen LogP contribution in [0.2, 0.25) is 25.2 Å². The molecule has 0 spiro atoms. The van der Waals surface area contributed by atoms with Gasteiger partial charge in [-0.2, -0.15) is 0 Å². The third-order valence-corrected chi connectivity index (χ3v) is 13.1. The fraction of sp³-hybridized carbons (Fsp3) is 1.00. The van der Waals surface area contributed by atoms with Crippen LogP contribution >= 0.6 is 0 Å². The number of rotatable bonds is 6. The van der Waals surface area contributed by atoms with E-state index in [0.29, 0.717) is 0 Å². The van der Waals surface area contributed by atoms with E-state index < -0.39 is 17.0 Å². The zero-order chi connectivity index (χ0) is 13.9. The normalized spacial score (nSPS) is 37.3. The molecule has 4 nitrogen and oxygen atoms in total. The van der Waals surface area contributed by atoms with Gasteiger partial charge in [0.2, 0.25) is 0 Å². The van der Waals surface area contributed by atoms with Gasteiger partial charge in [-0.05, 0) is 70.6 Å². The maximum atomic E-state index is 5.83. The Morgan fingerprint density at radius 1 is 0.842 bits per heavy atom. The highest BCUT2D eigenvalue weighted by Crippen LogP contribution is 2.28. The topological polar surface area (TPSA) is 24.9 Å². The molecule has 0 bridgehead atoms. The lowest BCUT2D eigenvalue weighted by Gasteiger charge is -2.34. The van der Waals surface area contributed by atoms with Gasteiger partial charge in [0, 0.05) is 14.2 Å². The maximum Gasteiger partial charge on any atom is 0.267 e. The van der Waals surface area contributed by atoms with E-state index in [-0.39, 0.29) is 0 Å². The Balaban J connectivity index is 1.78. The number of hydrogen-bond acceptors (Lipinski definition) is 4. The first kappa shape index (κ1) is 15.7. The Hall–Kier alpha value is 0.274. The molecule has 2 fully saturated rings. The second-order valence-electron chi connectivity index (χ2n) is 6.29. The SMILES string of the molecule is CO[Si]1(C)CCCN1CCCN1CCC[Si]1(C)OC. The number of hydrogen-bond donors (Lipinski definition) is 0. The van der Waals surface area contributed by atoms with E-state index in [9.17, 15) is 0 Å². The molecule has 0 N–H and O–H groups in total. The van der Waals surface area contributed by atoms with Gasteiger partial charge in [0.05, 0.1) is 0 Å². The van der Waals surface area contributed by atoms with Crippen LogP contribution in [-0.4, -0.2) is 66.5 Å². The minimum Gasteiger partial charge on any atom is -0.406 e. The maximum absolute atomic E-state index is 5.83. The van der Waals surface area contributed by atoms with E-state index in [2.05, 4.69) is 22.2 Å². The molecule has 6 heteroatoms. The van der Waals surface area contributed by atoms with Crippen molar-refractivity contribution in [3.8, 4) is 0 Å². The van der Waals surface area contributed by atoms with Gasteiger partial charge in [-0.15, -0.1) is 0 Å². The minimum atomic E-state index is -1.52. The van der Waals surface area contributed by atoms with Crippen molar-refractivity contribution in [2.45, 2.75) is 44.4 Å². The molecular formula is C13H30N2O2Si2. The molecule has 0 radical (unpaired) electrons. The van der Waals surface area contributed by atoms with Crippen LogP contribution in [0.15, 0.2) is 0 Å². The lowest BCUT2D eigenvalue weighted by atomic mass is 10.4. The summed E-state index contributed by atoms with van der Waals surface area (Å²) in [7, 11) is 0.774. The molecule has 0 aromatic rings. The first-order valence-electron chi connectivity index (χ1n) is 7.64. The second kappa shape index (κ2) is 6.36. The van der Waals surface area contributed by atoms with Crippen molar-refractivity contribution >= 4 is 17.0 Å². The van der Waals surface area contributed by atoms with Crippen molar-refractivity contribution in [3.63, 3.8) is 0 Å². The summed E-state index contributed by atoms with van der Waals surface area (Å²) in [5.74, 6) is 0. The molecule has 2 saturated heterocycles. The zero-order valence-corrected chi connectivity index (χ0v) is 15.1. The van der Waals surface area contributed by atoms with E-state index in [1.165, 1.54) is 57.5 Å². The van der Waals surface area contributed by atoms with Crippen LogP contribution < -0.4 is 0 Å². The molecule has 2 aliphatic rings. The quantitative estimate of drug-likeness (QED) is 0.703. The Labute approximate surface area is 120 Å². The lowest BCUT2D eigenvalue weighted by molar-refractivity contribution is 0.287. The molecule has 2 aliphatic heterocycles. The summed E-state index contributed by atoms with van der Waals surface area (Å²) in [4.78, 5) is 0. The van der Waals surface area contributed by atoms with E-state index in [0.717, 1.165) is 0 Å². The highest BCUT2D eigenvalue weighted by atomic mass is 28.4. The van der Waals surface area contributed by atoms with Crippen LogP contribution in [-0.2, 0) is 8.85 Å². The standard InChI is InChI=1S/C13H30N2O2Si2/c1-16-18(3)12-6-10-14(18)8-5-9-15-11-7-13-19(15,4)17-2/h5-13H2,1-4H3. The Morgan fingerprint density at radius 2 is 1.26 bits per heavy atom. The van der Waals surface area contributed by atoms with Crippen molar-refractivity contribution in [1.29, 1.82) is 0 Å². The van der Waals surface area contributed by atoms with Crippen LogP contribution in [0, 0.1) is 0 Å². The van der Waals surface area contributed by atoms with Crippen LogP contribution in [0.1, 0.15) is 19.3 Å². The summed E-state index contributed by atoms with van der Waals surface area (Å²) in [5.41, 5.74) is 0. The summed E-state index contributed by atoms with van der Waals surface area (Å²) in [6.07, 6.45) is 3.91. The molecule has 2 rings (SSSR count). The molecule has 2 heterocycles. The molecular weight excluding hydrogens is 272 g/mol. The van der Waals surface area contributed by atoms with Gasteiger partial charge in [0.1, 0.15) is 0 Å². The molecule has 0 aliphatic carbocycles. The molecule has 0 aromatic heterocycles. The molecule has 2 atom stereocenters. The highest BCUT2D eigenvalue weighted by Gasteiger charge is 2.42. The predicted molar refractivity (Wildman–Crippen MR) is 83.9 cm³/mol. The second-order valence-corrected chi connectivity index (χ2v) is 14.1. The van der Waals surface area contributed by atoms with Gasteiger partial charge >= 0.3 is 0 Å². The Kier molecular flexibility index (Phi) is 5.24. The molecule has 0 saturated carbocycles. The molecule has 112 valence electrons. The van der Waals surface area contributed by atoms with Gasteiger partial charge in [-0.25, -0.2) is 0 Å². The third-order valence-electron chi connectivity index (χ3n) is 5.21. The Bertz CT molecular complexity index is 280. The third kappa shape index (κ3) is 3.30. The molecule has 2 unspecified atom stereocenters. The zero-order valence-electron chi connectivity index (χ0n) is 13.1. The van der Waals surface area contributed by atoms with Gasteiger partial charge in [-0.3, -0.25) is 0 Å². The van der Waals surface area contributed by atoms with Crippen molar-refractivity contribution in [2.75, 3.05) is 40.4 Å². The summed E-state index contributed by atoms with van der Waals surface area (Å²) in [6.45, 7) is 9.64. The van der Waals surface area contributed by atoms with Gasteiger partial charge in [-0.1, -0.05) is 0 Å². The molecule has 0 aromatic carbocycles. The summed E-state index contributed by atoms with van der Waals surface area (Å²) < 4.78 is 17.0. The average molecular weight is 303 g/mol. The first-order chi connectivity index (χ1) is 9.04. The molecule has 0 amide bonds. The van der Waals surface area contributed by atoms with Gasteiger partial charge in [0.25, 0.3) is 17.0 Å². The average Bonchev–Trinajstić information content (AvgIpc) is 2.96. The van der Waals surface area contributed by atoms with Crippen LogP contribution in [0.4, 0.5) is 0 Å². The largest absolute Gasteiger partial charge is 0.406 e. The summed E-state index contributed by atoms with van der Waals surface area (Å²) in [6, 6.07) is 2.61. The Morgan fingerprint density at radius 3 is 1.63 bits per heavy atom. The predicted octanol–water partition coefficient (Wildman–Crippen LogP) is 2.22. The van der Waals surface area contributed by atoms with Gasteiger partial charge in [0.15, 0.2) is 0 Å². The highest BCUT2D eigenvalue weighted by molar-refractivity contribution is 6.70. The van der Waals surface area contributed by atoms with Crippen LogP contribution in [0.25, 0.3) is 0 Å². The van der Waals surface area contributed by atoms with Crippen molar-refractivity contribution in [3.05, 3.63) is 0 Å². The van der Waals surface area contributed by atoms with E-state index in [1.54, 1.807) is 0 Å². The van der Waals surface area contributed by atoms with E-state index >= 15 is 0 Å². The summed E-state index contributed by atoms with van der Waals surface area (Å²) >= 11 is 0. The van der Waals surface area contributed by atoms with Crippen LogP contribution in [0.3, 0.4) is 0 Å².